The van der Waals surface area contributed by atoms with Crippen LogP contribution in [-0.4, -0.2) is 13.1 Å². The molecule has 0 spiro atoms. The van der Waals surface area contributed by atoms with Crippen LogP contribution in [0, 0.1) is 12.7 Å². The van der Waals surface area contributed by atoms with Crippen LogP contribution in [-0.2, 0) is 0 Å². The predicted molar refractivity (Wildman–Crippen MR) is 111 cm³/mol. The van der Waals surface area contributed by atoms with Gasteiger partial charge >= 0.3 is 5.97 Å². The molecule has 3 aromatic carbocycles. The first-order valence-corrected chi connectivity index (χ1v) is 9.16. The SMILES string of the molecule is COc1ccc(-c2oc3cc(C)ccc3c(=O)c2OC(=O)c2ccc(F)cc2)cc1. The molecule has 0 N–H and O–H groups in total. The minimum Gasteiger partial charge on any atom is -0.497 e. The topological polar surface area (TPSA) is 65.7 Å². The second-order valence-corrected chi connectivity index (χ2v) is 6.71. The van der Waals surface area contributed by atoms with Crippen molar-refractivity contribution in [2.24, 2.45) is 0 Å². The Morgan fingerprint density at radius 2 is 1.67 bits per heavy atom. The molecule has 0 amide bonds. The third-order valence-electron chi connectivity index (χ3n) is 4.63. The predicted octanol–water partition coefficient (Wildman–Crippen LogP) is 5.14. The molecule has 1 heterocycles. The first-order chi connectivity index (χ1) is 14.5. The maximum atomic E-state index is 13.2. The van der Waals surface area contributed by atoms with E-state index in [1.54, 1.807) is 49.6 Å². The van der Waals surface area contributed by atoms with Crippen molar-refractivity contribution in [2.75, 3.05) is 7.11 Å². The van der Waals surface area contributed by atoms with E-state index in [2.05, 4.69) is 0 Å². The molecule has 0 aliphatic carbocycles. The number of esters is 1. The lowest BCUT2D eigenvalue weighted by Gasteiger charge is -2.11. The van der Waals surface area contributed by atoms with Gasteiger partial charge in [0, 0.05) is 5.56 Å². The van der Waals surface area contributed by atoms with Crippen molar-refractivity contribution in [3.05, 3.63) is 93.9 Å². The van der Waals surface area contributed by atoms with E-state index in [1.807, 2.05) is 6.92 Å². The molecule has 5 nitrogen and oxygen atoms in total. The molecule has 30 heavy (non-hydrogen) atoms. The molecule has 0 atom stereocenters. The molecule has 4 rings (SSSR count). The van der Waals surface area contributed by atoms with Gasteiger partial charge in [0.25, 0.3) is 0 Å². The van der Waals surface area contributed by atoms with Gasteiger partial charge < -0.3 is 13.9 Å². The zero-order valence-electron chi connectivity index (χ0n) is 16.3. The van der Waals surface area contributed by atoms with Crippen molar-refractivity contribution in [1.82, 2.24) is 0 Å². The molecule has 0 aliphatic rings. The lowest BCUT2D eigenvalue weighted by molar-refractivity contribution is 0.0731. The van der Waals surface area contributed by atoms with Gasteiger partial charge in [0.1, 0.15) is 17.1 Å². The summed E-state index contributed by atoms with van der Waals surface area (Å²) in [6.45, 7) is 1.88. The van der Waals surface area contributed by atoms with Crippen LogP contribution in [0.5, 0.6) is 11.5 Å². The summed E-state index contributed by atoms with van der Waals surface area (Å²) in [6.07, 6.45) is 0. The third-order valence-corrected chi connectivity index (χ3v) is 4.63. The average Bonchev–Trinajstić information content (AvgIpc) is 2.76. The van der Waals surface area contributed by atoms with Crippen LogP contribution >= 0.6 is 0 Å². The zero-order valence-corrected chi connectivity index (χ0v) is 16.3. The van der Waals surface area contributed by atoms with Crippen LogP contribution in [0.3, 0.4) is 0 Å². The second-order valence-electron chi connectivity index (χ2n) is 6.71. The average molecular weight is 404 g/mol. The van der Waals surface area contributed by atoms with E-state index in [0.717, 1.165) is 17.7 Å². The lowest BCUT2D eigenvalue weighted by Crippen LogP contribution is -2.16. The molecule has 1 aromatic heterocycles. The fourth-order valence-electron chi connectivity index (χ4n) is 3.05. The van der Waals surface area contributed by atoms with E-state index >= 15 is 0 Å². The molecule has 0 saturated heterocycles. The summed E-state index contributed by atoms with van der Waals surface area (Å²) >= 11 is 0. The highest BCUT2D eigenvalue weighted by molar-refractivity contribution is 5.93. The van der Waals surface area contributed by atoms with Crippen LogP contribution in [0.2, 0.25) is 0 Å². The highest BCUT2D eigenvalue weighted by atomic mass is 19.1. The molecule has 6 heteroatoms. The lowest BCUT2D eigenvalue weighted by atomic mass is 10.1. The van der Waals surface area contributed by atoms with Crippen LogP contribution in [0.15, 0.2) is 75.9 Å². The molecule has 0 fully saturated rings. The van der Waals surface area contributed by atoms with Crippen molar-refractivity contribution in [1.29, 1.82) is 0 Å². The number of benzene rings is 3. The van der Waals surface area contributed by atoms with Crippen LogP contribution < -0.4 is 14.9 Å². The van der Waals surface area contributed by atoms with Crippen LogP contribution in [0.25, 0.3) is 22.3 Å². The number of rotatable bonds is 4. The van der Waals surface area contributed by atoms with Crippen LogP contribution in [0.4, 0.5) is 4.39 Å². The standard InChI is InChI=1S/C24H17FO5/c1-14-3-12-19-20(13-14)29-22(15-6-10-18(28-2)11-7-15)23(21(19)26)30-24(27)16-4-8-17(25)9-5-16/h3-13H,1-2H3. The molecular weight excluding hydrogens is 387 g/mol. The number of carbonyl (C=O) groups is 1. The van der Waals surface area contributed by atoms with Gasteiger partial charge in [-0.05, 0) is 73.2 Å². The van der Waals surface area contributed by atoms with Gasteiger partial charge in [0.2, 0.25) is 11.2 Å². The largest absolute Gasteiger partial charge is 0.497 e. The number of hydrogen-bond acceptors (Lipinski definition) is 5. The summed E-state index contributed by atoms with van der Waals surface area (Å²) in [4.78, 5) is 25.8. The van der Waals surface area contributed by atoms with E-state index in [0.29, 0.717) is 22.3 Å². The number of halogens is 1. The van der Waals surface area contributed by atoms with E-state index in [1.165, 1.54) is 12.1 Å². The van der Waals surface area contributed by atoms with E-state index in [-0.39, 0.29) is 17.1 Å². The van der Waals surface area contributed by atoms with Gasteiger partial charge in [0.15, 0.2) is 5.76 Å². The normalized spacial score (nSPS) is 10.8. The van der Waals surface area contributed by atoms with Crippen molar-refractivity contribution in [3.8, 4) is 22.8 Å². The zero-order chi connectivity index (χ0) is 21.3. The Morgan fingerprint density at radius 3 is 2.33 bits per heavy atom. The van der Waals surface area contributed by atoms with E-state index in [9.17, 15) is 14.0 Å². The van der Waals surface area contributed by atoms with E-state index in [4.69, 9.17) is 13.9 Å². The highest BCUT2D eigenvalue weighted by Gasteiger charge is 2.21. The Labute approximate surface area is 171 Å². The van der Waals surface area contributed by atoms with Crippen molar-refractivity contribution in [2.45, 2.75) is 6.92 Å². The fraction of sp³-hybridized carbons (Fsp3) is 0.0833. The Morgan fingerprint density at radius 1 is 0.967 bits per heavy atom. The maximum absolute atomic E-state index is 13.2. The molecule has 0 bridgehead atoms. The summed E-state index contributed by atoms with van der Waals surface area (Å²) in [6, 6.07) is 16.8. The first-order valence-electron chi connectivity index (χ1n) is 9.16. The fourth-order valence-corrected chi connectivity index (χ4v) is 3.05. The third kappa shape index (κ3) is 3.67. The number of ether oxygens (including phenoxy) is 2. The molecular formula is C24H17FO5. The Hall–Kier alpha value is -3.93. The van der Waals surface area contributed by atoms with Gasteiger partial charge in [-0.15, -0.1) is 0 Å². The molecule has 0 aliphatic heterocycles. The number of aryl methyl sites for hydroxylation is 1. The minimum atomic E-state index is -0.788. The summed E-state index contributed by atoms with van der Waals surface area (Å²) in [5.41, 5.74) is 1.48. The molecule has 0 unspecified atom stereocenters. The van der Waals surface area contributed by atoms with Gasteiger partial charge in [-0.2, -0.15) is 0 Å². The molecule has 0 saturated carbocycles. The second kappa shape index (κ2) is 7.83. The summed E-state index contributed by atoms with van der Waals surface area (Å²) in [7, 11) is 1.55. The van der Waals surface area contributed by atoms with Gasteiger partial charge in [-0.3, -0.25) is 4.79 Å². The van der Waals surface area contributed by atoms with Crippen LogP contribution in [0.1, 0.15) is 15.9 Å². The van der Waals surface area contributed by atoms with Crippen molar-refractivity contribution in [3.63, 3.8) is 0 Å². The van der Waals surface area contributed by atoms with Crippen molar-refractivity contribution < 1.29 is 23.1 Å². The van der Waals surface area contributed by atoms with Gasteiger partial charge in [0.05, 0.1) is 18.1 Å². The molecule has 4 aromatic rings. The number of methoxy groups -OCH3 is 1. The van der Waals surface area contributed by atoms with Crippen molar-refractivity contribution >= 4 is 16.9 Å². The minimum absolute atomic E-state index is 0.112. The number of carbonyl (C=O) groups excluding carboxylic acids is 1. The van der Waals surface area contributed by atoms with E-state index < -0.39 is 17.2 Å². The number of hydrogen-bond donors (Lipinski definition) is 0. The molecule has 0 radical (unpaired) electrons. The quantitative estimate of drug-likeness (QED) is 0.441. The summed E-state index contributed by atoms with van der Waals surface area (Å²) in [5, 5.41) is 0.291. The monoisotopic (exact) mass is 404 g/mol. The maximum Gasteiger partial charge on any atom is 0.343 e. The smallest absolute Gasteiger partial charge is 0.343 e. The van der Waals surface area contributed by atoms with Gasteiger partial charge in [-0.1, -0.05) is 6.07 Å². The van der Waals surface area contributed by atoms with Gasteiger partial charge in [-0.25, -0.2) is 9.18 Å². The Bertz CT molecular complexity index is 1290. The number of fused-ring (bicyclic) bond motifs is 1. The Balaban J connectivity index is 1.87. The molecule has 150 valence electrons. The first kappa shape index (κ1) is 19.4. The summed E-state index contributed by atoms with van der Waals surface area (Å²) < 4.78 is 29.8. The Kier molecular flexibility index (Phi) is 5.06. The summed E-state index contributed by atoms with van der Waals surface area (Å²) in [5.74, 6) is -0.751. The highest BCUT2D eigenvalue weighted by Crippen LogP contribution is 2.32.